The molecule has 1 fully saturated rings. The van der Waals surface area contributed by atoms with E-state index in [1.165, 1.54) is 6.07 Å². The Hall–Kier alpha value is -2.17. The molecule has 4 nitrogen and oxygen atoms in total. The third-order valence-electron chi connectivity index (χ3n) is 3.80. The van der Waals surface area contributed by atoms with E-state index in [1.807, 2.05) is 6.07 Å². The number of aromatic amines is 1. The zero-order valence-electron chi connectivity index (χ0n) is 11.0. The molecule has 1 aromatic carbocycles. The van der Waals surface area contributed by atoms with Gasteiger partial charge in [0.2, 0.25) is 5.91 Å². The summed E-state index contributed by atoms with van der Waals surface area (Å²) in [5.74, 6) is 0.358. The van der Waals surface area contributed by atoms with E-state index < -0.39 is 0 Å². The Bertz CT molecular complexity index is 605. The molecular formula is C15H16FN3O. The lowest BCUT2D eigenvalue weighted by atomic mass is 9.96. The van der Waals surface area contributed by atoms with Crippen LogP contribution >= 0.6 is 0 Å². The number of H-pyrrole nitrogens is 1. The molecule has 0 spiro atoms. The second kappa shape index (κ2) is 5.07. The zero-order chi connectivity index (χ0) is 14.0. The summed E-state index contributed by atoms with van der Waals surface area (Å²) in [6, 6.07) is 6.64. The lowest BCUT2D eigenvalue weighted by molar-refractivity contribution is -0.120. The van der Waals surface area contributed by atoms with E-state index in [1.54, 1.807) is 24.5 Å². The van der Waals surface area contributed by atoms with Gasteiger partial charge in [0.05, 0.1) is 6.42 Å². The van der Waals surface area contributed by atoms with Crippen molar-refractivity contribution >= 4 is 5.91 Å². The number of hydrogen-bond donors (Lipinski definition) is 2. The van der Waals surface area contributed by atoms with Gasteiger partial charge in [-0.1, -0.05) is 12.1 Å². The fraction of sp³-hybridized carbons (Fsp3) is 0.333. The van der Waals surface area contributed by atoms with E-state index in [4.69, 9.17) is 0 Å². The highest BCUT2D eigenvalue weighted by Crippen LogP contribution is 2.47. The van der Waals surface area contributed by atoms with Crippen molar-refractivity contribution in [1.82, 2.24) is 15.3 Å². The standard InChI is InChI=1S/C15H16FN3O/c16-12-3-1-2-11(8-12)15(4-5-15)10-19-14(20)9-13-17-6-7-18-13/h1-3,6-8H,4-5,9-10H2,(H,17,18)(H,19,20). The first-order valence-corrected chi connectivity index (χ1v) is 6.69. The SMILES string of the molecule is O=C(Cc1ncc[nH]1)NCC1(c2cccc(F)c2)CC1. The van der Waals surface area contributed by atoms with Gasteiger partial charge in [-0.25, -0.2) is 9.37 Å². The van der Waals surface area contributed by atoms with Gasteiger partial charge in [0, 0.05) is 24.4 Å². The Balaban J connectivity index is 1.59. The highest BCUT2D eigenvalue weighted by Gasteiger charge is 2.44. The minimum absolute atomic E-state index is 0.0670. The Morgan fingerprint density at radius 1 is 1.45 bits per heavy atom. The minimum atomic E-state index is -0.226. The Morgan fingerprint density at radius 3 is 2.95 bits per heavy atom. The maximum Gasteiger partial charge on any atom is 0.227 e. The summed E-state index contributed by atoms with van der Waals surface area (Å²) >= 11 is 0. The number of nitrogens with one attached hydrogen (secondary N) is 2. The number of halogens is 1. The number of imidazole rings is 1. The molecular weight excluding hydrogens is 257 g/mol. The molecule has 5 heteroatoms. The number of nitrogens with zero attached hydrogens (tertiary/aromatic N) is 1. The second-order valence-electron chi connectivity index (χ2n) is 5.28. The normalized spacial score (nSPS) is 15.8. The molecule has 1 amide bonds. The predicted octanol–water partition coefficient (Wildman–Crippen LogP) is 1.94. The lowest BCUT2D eigenvalue weighted by Crippen LogP contribution is -2.33. The predicted molar refractivity (Wildman–Crippen MR) is 72.6 cm³/mol. The Morgan fingerprint density at radius 2 is 2.30 bits per heavy atom. The molecule has 0 unspecified atom stereocenters. The van der Waals surface area contributed by atoms with Gasteiger partial charge in [-0.3, -0.25) is 4.79 Å². The molecule has 0 saturated heterocycles. The van der Waals surface area contributed by atoms with Crippen LogP contribution in [0, 0.1) is 5.82 Å². The number of aromatic nitrogens is 2. The third-order valence-corrected chi connectivity index (χ3v) is 3.80. The number of hydrogen-bond acceptors (Lipinski definition) is 2. The molecule has 0 aliphatic heterocycles. The average Bonchev–Trinajstić information content (AvgIpc) is 3.07. The van der Waals surface area contributed by atoms with Crippen molar-refractivity contribution in [3.63, 3.8) is 0 Å². The Kier molecular flexibility index (Phi) is 3.26. The first kappa shape index (κ1) is 12.8. The number of benzene rings is 1. The van der Waals surface area contributed by atoms with Crippen molar-refractivity contribution in [3.8, 4) is 0 Å². The second-order valence-corrected chi connectivity index (χ2v) is 5.28. The van der Waals surface area contributed by atoms with Gasteiger partial charge in [0.25, 0.3) is 0 Å². The summed E-state index contributed by atoms with van der Waals surface area (Å²) in [4.78, 5) is 18.8. The molecule has 2 N–H and O–H groups in total. The number of amides is 1. The van der Waals surface area contributed by atoms with Crippen LogP contribution in [0.2, 0.25) is 0 Å². The Labute approximate surface area is 116 Å². The first-order chi connectivity index (χ1) is 9.68. The molecule has 104 valence electrons. The van der Waals surface area contributed by atoms with E-state index >= 15 is 0 Å². The quantitative estimate of drug-likeness (QED) is 0.874. The van der Waals surface area contributed by atoms with Crippen molar-refractivity contribution in [3.05, 3.63) is 53.9 Å². The molecule has 1 saturated carbocycles. The lowest BCUT2D eigenvalue weighted by Gasteiger charge is -2.16. The van der Waals surface area contributed by atoms with Crippen LogP contribution in [0.25, 0.3) is 0 Å². The molecule has 1 heterocycles. The summed E-state index contributed by atoms with van der Waals surface area (Å²) in [5.41, 5.74) is 0.886. The van der Waals surface area contributed by atoms with Gasteiger partial charge < -0.3 is 10.3 Å². The van der Waals surface area contributed by atoms with Gasteiger partial charge >= 0.3 is 0 Å². The van der Waals surface area contributed by atoms with Crippen LogP contribution in [0.5, 0.6) is 0 Å². The fourth-order valence-electron chi connectivity index (χ4n) is 2.41. The monoisotopic (exact) mass is 273 g/mol. The number of carbonyl (C=O) groups excluding carboxylic acids is 1. The first-order valence-electron chi connectivity index (χ1n) is 6.69. The summed E-state index contributed by atoms with van der Waals surface area (Å²) in [6.45, 7) is 0.552. The molecule has 1 aromatic heterocycles. The smallest absolute Gasteiger partial charge is 0.227 e. The van der Waals surface area contributed by atoms with Crippen molar-refractivity contribution < 1.29 is 9.18 Å². The van der Waals surface area contributed by atoms with Crippen molar-refractivity contribution in [1.29, 1.82) is 0 Å². The molecule has 20 heavy (non-hydrogen) atoms. The molecule has 2 aromatic rings. The van der Waals surface area contributed by atoms with Gasteiger partial charge in [0.1, 0.15) is 11.6 Å². The highest BCUT2D eigenvalue weighted by molar-refractivity contribution is 5.77. The van der Waals surface area contributed by atoms with E-state index in [2.05, 4.69) is 15.3 Å². The van der Waals surface area contributed by atoms with E-state index in [9.17, 15) is 9.18 Å². The molecule has 0 atom stereocenters. The maximum atomic E-state index is 13.3. The molecule has 0 bridgehead atoms. The third kappa shape index (κ3) is 2.71. The number of carbonyl (C=O) groups is 1. The van der Waals surface area contributed by atoms with Gasteiger partial charge in [-0.15, -0.1) is 0 Å². The molecule has 1 aliphatic rings. The van der Waals surface area contributed by atoms with Crippen LogP contribution in [0.1, 0.15) is 24.2 Å². The molecule has 1 aliphatic carbocycles. The van der Waals surface area contributed by atoms with E-state index in [0.29, 0.717) is 12.4 Å². The van der Waals surface area contributed by atoms with Gasteiger partial charge in [-0.2, -0.15) is 0 Å². The van der Waals surface area contributed by atoms with Gasteiger partial charge in [0.15, 0.2) is 0 Å². The van der Waals surface area contributed by atoms with Gasteiger partial charge in [-0.05, 0) is 30.5 Å². The van der Waals surface area contributed by atoms with Crippen LogP contribution < -0.4 is 5.32 Å². The van der Waals surface area contributed by atoms with Crippen LogP contribution in [-0.2, 0) is 16.6 Å². The van der Waals surface area contributed by atoms with Crippen molar-refractivity contribution in [2.75, 3.05) is 6.54 Å². The van der Waals surface area contributed by atoms with Crippen molar-refractivity contribution in [2.45, 2.75) is 24.7 Å². The van der Waals surface area contributed by atoms with Crippen LogP contribution in [0.3, 0.4) is 0 Å². The number of rotatable bonds is 5. The van der Waals surface area contributed by atoms with E-state index in [0.717, 1.165) is 18.4 Å². The fourth-order valence-corrected chi connectivity index (χ4v) is 2.41. The average molecular weight is 273 g/mol. The maximum absolute atomic E-state index is 13.3. The summed E-state index contributed by atoms with van der Waals surface area (Å²) in [5, 5.41) is 2.92. The highest BCUT2D eigenvalue weighted by atomic mass is 19.1. The molecule has 3 rings (SSSR count). The van der Waals surface area contributed by atoms with E-state index in [-0.39, 0.29) is 23.6 Å². The largest absolute Gasteiger partial charge is 0.355 e. The van der Waals surface area contributed by atoms with Crippen LogP contribution in [0.15, 0.2) is 36.7 Å². The summed E-state index contributed by atoms with van der Waals surface area (Å²) in [6.07, 6.45) is 5.52. The van der Waals surface area contributed by atoms with Crippen LogP contribution in [-0.4, -0.2) is 22.4 Å². The zero-order valence-corrected chi connectivity index (χ0v) is 11.0. The molecule has 0 radical (unpaired) electrons. The topological polar surface area (TPSA) is 57.8 Å². The minimum Gasteiger partial charge on any atom is -0.355 e. The van der Waals surface area contributed by atoms with Crippen LogP contribution in [0.4, 0.5) is 4.39 Å². The summed E-state index contributed by atoms with van der Waals surface area (Å²) in [7, 11) is 0. The summed E-state index contributed by atoms with van der Waals surface area (Å²) < 4.78 is 13.3. The van der Waals surface area contributed by atoms with Crippen molar-refractivity contribution in [2.24, 2.45) is 0 Å².